The molecule has 0 radical (unpaired) electrons. The van der Waals surface area contributed by atoms with Crippen molar-refractivity contribution >= 4 is 40.9 Å². The first-order chi connectivity index (χ1) is 13.7. The molecule has 0 fully saturated rings. The number of non-ortho nitro benzene ring substituents is 1. The van der Waals surface area contributed by atoms with Gasteiger partial charge < -0.3 is 15.5 Å². The van der Waals surface area contributed by atoms with E-state index >= 15 is 0 Å². The fourth-order valence-corrected chi connectivity index (χ4v) is 2.39. The maximum absolute atomic E-state index is 12.6. The van der Waals surface area contributed by atoms with Crippen LogP contribution in [0.5, 0.6) is 0 Å². The first kappa shape index (κ1) is 21.3. The van der Waals surface area contributed by atoms with Gasteiger partial charge in [0.05, 0.1) is 4.92 Å². The fourth-order valence-electron chi connectivity index (χ4n) is 2.39. The zero-order valence-electron chi connectivity index (χ0n) is 16.1. The van der Waals surface area contributed by atoms with Gasteiger partial charge in [0.15, 0.2) is 0 Å². The third-order valence-electron chi connectivity index (χ3n) is 3.93. The molecule has 2 aromatic rings. The second-order valence-electron chi connectivity index (χ2n) is 6.17. The highest BCUT2D eigenvalue weighted by Gasteiger charge is 2.13. The van der Waals surface area contributed by atoms with E-state index in [1.54, 1.807) is 37.4 Å². The molecule has 0 saturated heterocycles. The number of hydrogen-bond acceptors (Lipinski definition) is 5. The van der Waals surface area contributed by atoms with Crippen molar-refractivity contribution in [1.29, 1.82) is 0 Å². The van der Waals surface area contributed by atoms with Crippen LogP contribution in [0.25, 0.3) is 6.08 Å². The summed E-state index contributed by atoms with van der Waals surface area (Å²) in [5.74, 6) is -1.19. The third-order valence-corrected chi connectivity index (χ3v) is 3.93. The molecule has 9 heteroatoms. The third kappa shape index (κ3) is 5.99. The van der Waals surface area contributed by atoms with Crippen LogP contribution in [-0.4, -0.2) is 29.7 Å². The predicted molar refractivity (Wildman–Crippen MR) is 109 cm³/mol. The van der Waals surface area contributed by atoms with Gasteiger partial charge in [-0.1, -0.05) is 12.1 Å². The Morgan fingerprint density at radius 3 is 2.28 bits per heavy atom. The zero-order valence-corrected chi connectivity index (χ0v) is 16.1. The van der Waals surface area contributed by atoms with Gasteiger partial charge in [-0.25, -0.2) is 0 Å². The minimum absolute atomic E-state index is 0.0667. The van der Waals surface area contributed by atoms with E-state index in [9.17, 15) is 24.5 Å². The van der Waals surface area contributed by atoms with Gasteiger partial charge in [0, 0.05) is 44.4 Å². The summed E-state index contributed by atoms with van der Waals surface area (Å²) in [6.07, 6.45) is 1.35. The van der Waals surface area contributed by atoms with Crippen molar-refractivity contribution in [2.45, 2.75) is 13.8 Å². The van der Waals surface area contributed by atoms with E-state index in [1.807, 2.05) is 0 Å². The second kappa shape index (κ2) is 9.27. The number of nitrogens with zero attached hydrogens (tertiary/aromatic N) is 2. The molecule has 150 valence electrons. The van der Waals surface area contributed by atoms with E-state index in [2.05, 4.69) is 10.6 Å². The molecule has 0 heterocycles. The Balaban J connectivity index is 2.25. The molecule has 0 spiro atoms. The molecule has 0 atom stereocenters. The van der Waals surface area contributed by atoms with Crippen molar-refractivity contribution in [2.75, 3.05) is 17.3 Å². The quantitative estimate of drug-likeness (QED) is 0.442. The number of anilines is 2. The topological polar surface area (TPSA) is 122 Å². The van der Waals surface area contributed by atoms with E-state index in [4.69, 9.17) is 0 Å². The summed E-state index contributed by atoms with van der Waals surface area (Å²) in [5.41, 5.74) is 1.29. The minimum Gasteiger partial charge on any atom is -0.322 e. The number of rotatable bonds is 6. The standard InChI is InChI=1S/C20H20N4O5/c1-13(25)21-19(12-15-5-4-6-18(11-15)24(28)29)20(27)22-16-7-9-17(10-8-16)23(3)14(2)26/h4-12H,1-3H3,(H,21,25)(H,22,27)/b19-12-. The van der Waals surface area contributed by atoms with Crippen molar-refractivity contribution in [3.63, 3.8) is 0 Å². The number of nitro groups is 1. The van der Waals surface area contributed by atoms with Crippen molar-refractivity contribution < 1.29 is 19.3 Å². The summed E-state index contributed by atoms with van der Waals surface area (Å²) in [5, 5.41) is 16.0. The summed E-state index contributed by atoms with van der Waals surface area (Å²) >= 11 is 0. The summed E-state index contributed by atoms with van der Waals surface area (Å²) in [4.78, 5) is 47.3. The van der Waals surface area contributed by atoms with Gasteiger partial charge in [-0.2, -0.15) is 0 Å². The van der Waals surface area contributed by atoms with Crippen LogP contribution < -0.4 is 15.5 Å². The van der Waals surface area contributed by atoms with Gasteiger partial charge in [0.2, 0.25) is 11.8 Å². The lowest BCUT2D eigenvalue weighted by Crippen LogP contribution is -2.29. The normalized spacial score (nSPS) is 10.8. The smallest absolute Gasteiger partial charge is 0.272 e. The lowest BCUT2D eigenvalue weighted by Gasteiger charge is -2.15. The van der Waals surface area contributed by atoms with Crippen molar-refractivity contribution in [1.82, 2.24) is 5.32 Å². The largest absolute Gasteiger partial charge is 0.322 e. The number of carbonyl (C=O) groups is 3. The molecule has 0 aliphatic carbocycles. The molecular formula is C20H20N4O5. The zero-order chi connectivity index (χ0) is 21.6. The van der Waals surface area contributed by atoms with Crippen LogP contribution in [0.4, 0.5) is 17.1 Å². The molecule has 0 bridgehead atoms. The van der Waals surface area contributed by atoms with Crippen LogP contribution in [-0.2, 0) is 14.4 Å². The maximum atomic E-state index is 12.6. The molecule has 9 nitrogen and oxygen atoms in total. The van der Waals surface area contributed by atoms with Gasteiger partial charge >= 0.3 is 0 Å². The Morgan fingerprint density at radius 1 is 1.07 bits per heavy atom. The Bertz CT molecular complexity index is 983. The highest BCUT2D eigenvalue weighted by Crippen LogP contribution is 2.19. The highest BCUT2D eigenvalue weighted by molar-refractivity contribution is 6.08. The molecule has 2 aromatic carbocycles. The van der Waals surface area contributed by atoms with E-state index in [0.29, 0.717) is 16.9 Å². The highest BCUT2D eigenvalue weighted by atomic mass is 16.6. The van der Waals surface area contributed by atoms with Gasteiger partial charge in [0.1, 0.15) is 5.70 Å². The summed E-state index contributed by atoms with van der Waals surface area (Å²) in [6.45, 7) is 2.69. The van der Waals surface area contributed by atoms with Crippen LogP contribution >= 0.6 is 0 Å². The first-order valence-corrected chi connectivity index (χ1v) is 8.57. The van der Waals surface area contributed by atoms with Gasteiger partial charge in [-0.15, -0.1) is 0 Å². The summed E-state index contributed by atoms with van der Waals surface area (Å²) in [6, 6.07) is 12.2. The van der Waals surface area contributed by atoms with E-state index in [1.165, 1.54) is 43.0 Å². The number of hydrogen-bond donors (Lipinski definition) is 2. The van der Waals surface area contributed by atoms with Gasteiger partial charge in [0.25, 0.3) is 11.6 Å². The van der Waals surface area contributed by atoms with Crippen molar-refractivity contribution in [3.8, 4) is 0 Å². The molecule has 29 heavy (non-hydrogen) atoms. The van der Waals surface area contributed by atoms with E-state index in [-0.39, 0.29) is 17.3 Å². The summed E-state index contributed by atoms with van der Waals surface area (Å²) < 4.78 is 0. The van der Waals surface area contributed by atoms with Crippen molar-refractivity contribution in [3.05, 3.63) is 69.9 Å². The molecule has 0 saturated carbocycles. The Hall–Kier alpha value is -4.01. The predicted octanol–water partition coefficient (Wildman–Crippen LogP) is 2.69. The molecule has 2 N–H and O–H groups in total. The molecular weight excluding hydrogens is 376 g/mol. The molecule has 0 aromatic heterocycles. The first-order valence-electron chi connectivity index (χ1n) is 8.57. The molecule has 0 aliphatic heterocycles. The Labute approximate surface area is 167 Å². The van der Waals surface area contributed by atoms with Gasteiger partial charge in [-0.3, -0.25) is 24.5 Å². The molecule has 0 unspecified atom stereocenters. The number of nitro benzene ring substituents is 1. The van der Waals surface area contributed by atoms with E-state index < -0.39 is 16.7 Å². The number of benzene rings is 2. The van der Waals surface area contributed by atoms with Crippen LogP contribution in [0.15, 0.2) is 54.2 Å². The molecule has 2 rings (SSSR count). The van der Waals surface area contributed by atoms with Crippen LogP contribution in [0.3, 0.4) is 0 Å². The van der Waals surface area contributed by atoms with E-state index in [0.717, 1.165) is 0 Å². The monoisotopic (exact) mass is 396 g/mol. The number of nitrogens with one attached hydrogen (secondary N) is 2. The second-order valence-corrected chi connectivity index (χ2v) is 6.17. The fraction of sp³-hybridized carbons (Fsp3) is 0.150. The average Bonchev–Trinajstić information content (AvgIpc) is 2.67. The average molecular weight is 396 g/mol. The molecule has 3 amide bonds. The summed E-state index contributed by atoms with van der Waals surface area (Å²) in [7, 11) is 1.63. The Kier molecular flexibility index (Phi) is 6.80. The Morgan fingerprint density at radius 2 is 1.72 bits per heavy atom. The van der Waals surface area contributed by atoms with Crippen molar-refractivity contribution in [2.24, 2.45) is 0 Å². The molecule has 0 aliphatic rings. The minimum atomic E-state index is -0.598. The SMILES string of the molecule is CC(=O)N/C(=C\c1cccc([N+](=O)[O-])c1)C(=O)Nc1ccc(N(C)C(C)=O)cc1. The maximum Gasteiger partial charge on any atom is 0.272 e. The number of amides is 3. The van der Waals surface area contributed by atoms with Gasteiger partial charge in [-0.05, 0) is 35.9 Å². The van der Waals surface area contributed by atoms with Crippen LogP contribution in [0.1, 0.15) is 19.4 Å². The van der Waals surface area contributed by atoms with Crippen LogP contribution in [0.2, 0.25) is 0 Å². The number of carbonyl (C=O) groups excluding carboxylic acids is 3. The lowest BCUT2D eigenvalue weighted by molar-refractivity contribution is -0.384. The van der Waals surface area contributed by atoms with Crippen LogP contribution in [0, 0.1) is 10.1 Å². The lowest BCUT2D eigenvalue weighted by atomic mass is 10.1.